The number of hydrogen-bond donors (Lipinski definition) is 0. The first kappa shape index (κ1) is 12.6. The van der Waals surface area contributed by atoms with Crippen molar-refractivity contribution in [2.24, 2.45) is 0 Å². The number of aryl methyl sites for hydroxylation is 2. The summed E-state index contributed by atoms with van der Waals surface area (Å²) in [4.78, 5) is 0. The lowest BCUT2D eigenvalue weighted by molar-refractivity contribution is 0.416. The normalized spacial score (nSPS) is 9.56. The molecule has 0 unspecified atom stereocenters. The minimum absolute atomic E-state index is 0.992. The molecule has 0 heterocycles. The number of ether oxygens (including phenoxy) is 1. The van der Waals surface area contributed by atoms with E-state index in [1.807, 2.05) is 19.9 Å². The predicted octanol–water partition coefficient (Wildman–Crippen LogP) is 4.49. The monoisotopic (exact) mass is 216 g/mol. The Labute approximate surface area is 98.1 Å². The SMILES string of the molecule is CC.COc1c(C)cc(C)c2ccccc12. The standard InChI is InChI=1S/C13H14O.C2H6/c1-9-8-10(2)13(14-3)12-7-5-4-6-11(9)12;1-2/h4-8H,1-3H3;1-2H3. The molecule has 0 aliphatic heterocycles. The number of hydrogen-bond acceptors (Lipinski definition) is 1. The van der Waals surface area contributed by atoms with Crippen molar-refractivity contribution in [3.05, 3.63) is 41.5 Å². The molecule has 0 aliphatic carbocycles. The lowest BCUT2D eigenvalue weighted by Crippen LogP contribution is -1.90. The quantitative estimate of drug-likeness (QED) is 0.682. The maximum Gasteiger partial charge on any atom is 0.129 e. The summed E-state index contributed by atoms with van der Waals surface area (Å²) < 4.78 is 5.41. The summed E-state index contributed by atoms with van der Waals surface area (Å²) in [6.45, 7) is 8.22. The smallest absolute Gasteiger partial charge is 0.129 e. The van der Waals surface area contributed by atoms with Gasteiger partial charge in [-0.3, -0.25) is 0 Å². The van der Waals surface area contributed by atoms with Gasteiger partial charge in [-0.2, -0.15) is 0 Å². The van der Waals surface area contributed by atoms with Crippen molar-refractivity contribution in [1.82, 2.24) is 0 Å². The van der Waals surface area contributed by atoms with Crippen molar-refractivity contribution in [2.75, 3.05) is 7.11 Å². The van der Waals surface area contributed by atoms with E-state index in [-0.39, 0.29) is 0 Å². The second kappa shape index (κ2) is 5.55. The van der Waals surface area contributed by atoms with Gasteiger partial charge in [0.1, 0.15) is 5.75 Å². The third kappa shape index (κ3) is 2.19. The highest BCUT2D eigenvalue weighted by molar-refractivity contribution is 5.92. The van der Waals surface area contributed by atoms with E-state index in [0.717, 1.165) is 5.75 Å². The highest BCUT2D eigenvalue weighted by atomic mass is 16.5. The molecule has 0 fully saturated rings. The molecule has 0 aliphatic rings. The van der Waals surface area contributed by atoms with Crippen molar-refractivity contribution in [3.8, 4) is 5.75 Å². The van der Waals surface area contributed by atoms with Crippen LogP contribution >= 0.6 is 0 Å². The minimum atomic E-state index is 0.992. The van der Waals surface area contributed by atoms with Crippen LogP contribution in [0.2, 0.25) is 0 Å². The molecular weight excluding hydrogens is 196 g/mol. The summed E-state index contributed by atoms with van der Waals surface area (Å²) in [7, 11) is 1.73. The van der Waals surface area contributed by atoms with Gasteiger partial charge in [0.2, 0.25) is 0 Å². The fraction of sp³-hybridized carbons (Fsp3) is 0.333. The van der Waals surface area contributed by atoms with Gasteiger partial charge in [0.15, 0.2) is 0 Å². The van der Waals surface area contributed by atoms with E-state index < -0.39 is 0 Å². The Morgan fingerprint density at radius 1 is 0.875 bits per heavy atom. The molecule has 0 bridgehead atoms. The zero-order valence-corrected chi connectivity index (χ0v) is 10.8. The van der Waals surface area contributed by atoms with E-state index in [0.29, 0.717) is 0 Å². The molecule has 2 aromatic rings. The highest BCUT2D eigenvalue weighted by Gasteiger charge is 2.06. The molecule has 0 saturated heterocycles. The Balaban J connectivity index is 0.000000606. The summed E-state index contributed by atoms with van der Waals surface area (Å²) >= 11 is 0. The Bertz CT molecular complexity index is 472. The summed E-state index contributed by atoms with van der Waals surface area (Å²) in [6, 6.07) is 10.5. The average molecular weight is 216 g/mol. The molecule has 2 aromatic carbocycles. The Morgan fingerprint density at radius 2 is 1.44 bits per heavy atom. The fourth-order valence-corrected chi connectivity index (χ4v) is 1.98. The van der Waals surface area contributed by atoms with Crippen molar-refractivity contribution in [3.63, 3.8) is 0 Å². The van der Waals surface area contributed by atoms with Crippen LogP contribution in [0, 0.1) is 13.8 Å². The maximum atomic E-state index is 5.41. The van der Waals surface area contributed by atoms with Gasteiger partial charge in [0, 0.05) is 5.39 Å². The van der Waals surface area contributed by atoms with Crippen molar-refractivity contribution in [1.29, 1.82) is 0 Å². The number of rotatable bonds is 1. The lowest BCUT2D eigenvalue weighted by atomic mass is 10.0. The van der Waals surface area contributed by atoms with Crippen LogP contribution in [-0.4, -0.2) is 7.11 Å². The van der Waals surface area contributed by atoms with Crippen LogP contribution in [0.3, 0.4) is 0 Å². The Hall–Kier alpha value is -1.50. The van der Waals surface area contributed by atoms with Crippen LogP contribution in [0.1, 0.15) is 25.0 Å². The molecule has 2 rings (SSSR count). The molecule has 0 atom stereocenters. The van der Waals surface area contributed by atoms with E-state index in [9.17, 15) is 0 Å². The molecule has 1 heteroatoms. The first-order valence-corrected chi connectivity index (χ1v) is 5.77. The topological polar surface area (TPSA) is 9.23 Å². The van der Waals surface area contributed by atoms with Crippen LogP contribution in [0.4, 0.5) is 0 Å². The first-order valence-electron chi connectivity index (χ1n) is 5.77. The number of fused-ring (bicyclic) bond motifs is 1. The molecule has 16 heavy (non-hydrogen) atoms. The molecule has 1 nitrogen and oxygen atoms in total. The van der Waals surface area contributed by atoms with Gasteiger partial charge >= 0.3 is 0 Å². The zero-order chi connectivity index (χ0) is 12.1. The maximum absolute atomic E-state index is 5.41. The largest absolute Gasteiger partial charge is 0.496 e. The van der Waals surface area contributed by atoms with Crippen LogP contribution in [0.5, 0.6) is 5.75 Å². The second-order valence-electron chi connectivity index (χ2n) is 3.59. The summed E-state index contributed by atoms with van der Waals surface area (Å²) in [5.41, 5.74) is 2.50. The van der Waals surface area contributed by atoms with Crippen molar-refractivity contribution >= 4 is 10.8 Å². The molecule has 0 saturated carbocycles. The van der Waals surface area contributed by atoms with Gasteiger partial charge in [-0.1, -0.05) is 44.2 Å². The first-order chi connectivity index (χ1) is 7.74. The molecule has 0 amide bonds. The Kier molecular flexibility index (Phi) is 4.36. The third-order valence-corrected chi connectivity index (χ3v) is 2.59. The van der Waals surface area contributed by atoms with Crippen LogP contribution in [-0.2, 0) is 0 Å². The highest BCUT2D eigenvalue weighted by Crippen LogP contribution is 2.31. The fourth-order valence-electron chi connectivity index (χ4n) is 1.98. The molecule has 0 aromatic heterocycles. The molecular formula is C15H20O. The third-order valence-electron chi connectivity index (χ3n) is 2.59. The zero-order valence-electron chi connectivity index (χ0n) is 10.8. The van der Waals surface area contributed by atoms with Gasteiger partial charge in [-0.25, -0.2) is 0 Å². The van der Waals surface area contributed by atoms with Gasteiger partial charge in [-0.05, 0) is 30.4 Å². The molecule has 0 N–H and O–H groups in total. The second-order valence-corrected chi connectivity index (χ2v) is 3.59. The minimum Gasteiger partial charge on any atom is -0.496 e. The van der Waals surface area contributed by atoms with Gasteiger partial charge in [-0.15, -0.1) is 0 Å². The van der Waals surface area contributed by atoms with Gasteiger partial charge in [0.05, 0.1) is 7.11 Å². The average Bonchev–Trinajstić information content (AvgIpc) is 2.32. The van der Waals surface area contributed by atoms with Gasteiger partial charge < -0.3 is 4.74 Å². The predicted molar refractivity (Wildman–Crippen MR) is 71.3 cm³/mol. The summed E-state index contributed by atoms with van der Waals surface area (Å²) in [5.74, 6) is 0.992. The molecule has 86 valence electrons. The van der Waals surface area contributed by atoms with Gasteiger partial charge in [0.25, 0.3) is 0 Å². The van der Waals surface area contributed by atoms with E-state index in [1.54, 1.807) is 7.11 Å². The molecule has 0 radical (unpaired) electrons. The Morgan fingerprint density at radius 3 is 2.00 bits per heavy atom. The van der Waals surface area contributed by atoms with Crippen LogP contribution in [0.25, 0.3) is 10.8 Å². The van der Waals surface area contributed by atoms with E-state index in [4.69, 9.17) is 4.74 Å². The lowest BCUT2D eigenvalue weighted by Gasteiger charge is -2.10. The van der Waals surface area contributed by atoms with Crippen molar-refractivity contribution in [2.45, 2.75) is 27.7 Å². The number of methoxy groups -OCH3 is 1. The van der Waals surface area contributed by atoms with Crippen LogP contribution < -0.4 is 4.74 Å². The summed E-state index contributed by atoms with van der Waals surface area (Å²) in [5, 5.41) is 2.47. The van der Waals surface area contributed by atoms with Crippen LogP contribution in [0.15, 0.2) is 30.3 Å². The van der Waals surface area contributed by atoms with Crippen molar-refractivity contribution < 1.29 is 4.74 Å². The van der Waals surface area contributed by atoms with E-state index in [1.165, 1.54) is 21.9 Å². The molecule has 0 spiro atoms. The van der Waals surface area contributed by atoms with E-state index >= 15 is 0 Å². The number of benzene rings is 2. The summed E-state index contributed by atoms with van der Waals surface area (Å²) in [6.07, 6.45) is 0. The van der Waals surface area contributed by atoms with E-state index in [2.05, 4.69) is 38.1 Å².